The summed E-state index contributed by atoms with van der Waals surface area (Å²) in [7, 11) is 0. The van der Waals surface area contributed by atoms with Crippen LogP contribution in [0.5, 0.6) is 0 Å². The van der Waals surface area contributed by atoms with Crippen LogP contribution in [0.3, 0.4) is 0 Å². The summed E-state index contributed by atoms with van der Waals surface area (Å²) < 4.78 is 11.0. The first-order chi connectivity index (χ1) is 13.5. The molecule has 4 rings (SSSR count). The summed E-state index contributed by atoms with van der Waals surface area (Å²) in [6.45, 7) is 8.47. The molecule has 5 unspecified atom stereocenters. The lowest BCUT2D eigenvalue weighted by Gasteiger charge is -2.70. The average molecular weight is 403 g/mol. The smallest absolute Gasteiger partial charge is 0.331 e. The topological polar surface area (TPSA) is 72.8 Å². The quantitative estimate of drug-likeness (QED) is 0.566. The monoisotopic (exact) mass is 402 g/mol. The number of ether oxygens (including phenoxy) is 2. The van der Waals surface area contributed by atoms with Gasteiger partial charge < -0.3 is 14.6 Å². The van der Waals surface area contributed by atoms with Gasteiger partial charge in [0.2, 0.25) is 0 Å². The first-order valence-electron chi connectivity index (χ1n) is 11.0. The van der Waals surface area contributed by atoms with Gasteiger partial charge in [0, 0.05) is 29.7 Å². The molecule has 0 aromatic rings. The van der Waals surface area contributed by atoms with Crippen LogP contribution in [-0.4, -0.2) is 35.4 Å². The van der Waals surface area contributed by atoms with E-state index < -0.39 is 11.0 Å². The molecule has 0 aromatic carbocycles. The first kappa shape index (κ1) is 20.6. The number of aliphatic hydroxyl groups is 1. The third-order valence-electron chi connectivity index (χ3n) is 8.46. The number of cyclic esters (lactones) is 1. The Morgan fingerprint density at radius 2 is 2.07 bits per heavy atom. The molecule has 0 aromatic heterocycles. The lowest BCUT2D eigenvalue weighted by molar-refractivity contribution is -0.278. The van der Waals surface area contributed by atoms with E-state index in [0.717, 1.165) is 31.3 Å². The summed E-state index contributed by atoms with van der Waals surface area (Å²) in [6, 6.07) is 0. The van der Waals surface area contributed by atoms with Gasteiger partial charge >= 0.3 is 11.9 Å². The molecular weight excluding hydrogens is 368 g/mol. The SMILES string of the molecule is CC(=O)OC1CC2(C)C=CCC3(CCCC(C)(C)C13)C2(O)CCC1=CC(=O)OC1. The van der Waals surface area contributed by atoms with Crippen molar-refractivity contribution in [1.82, 2.24) is 0 Å². The molecule has 0 saturated heterocycles. The molecule has 2 fully saturated rings. The molecule has 1 spiro atoms. The molecule has 1 N–H and O–H groups in total. The predicted molar refractivity (Wildman–Crippen MR) is 109 cm³/mol. The Morgan fingerprint density at radius 1 is 1.31 bits per heavy atom. The van der Waals surface area contributed by atoms with Crippen LogP contribution in [0.25, 0.3) is 0 Å². The maximum absolute atomic E-state index is 12.5. The van der Waals surface area contributed by atoms with Crippen LogP contribution in [0.15, 0.2) is 23.8 Å². The van der Waals surface area contributed by atoms with Crippen molar-refractivity contribution in [1.29, 1.82) is 0 Å². The summed E-state index contributed by atoms with van der Waals surface area (Å²) >= 11 is 0. The Labute approximate surface area is 173 Å². The Kier molecular flexibility index (Phi) is 4.77. The van der Waals surface area contributed by atoms with Crippen LogP contribution in [0.2, 0.25) is 0 Å². The molecule has 2 bridgehead atoms. The van der Waals surface area contributed by atoms with Crippen LogP contribution < -0.4 is 0 Å². The van der Waals surface area contributed by atoms with E-state index in [1.807, 2.05) is 0 Å². The third-order valence-corrected chi connectivity index (χ3v) is 8.46. The Bertz CT molecular complexity index is 780. The fourth-order valence-electron chi connectivity index (χ4n) is 7.40. The first-order valence-corrected chi connectivity index (χ1v) is 11.0. The van der Waals surface area contributed by atoms with Gasteiger partial charge in [-0.25, -0.2) is 4.79 Å². The normalized spacial score (nSPS) is 42.7. The van der Waals surface area contributed by atoms with Crippen molar-refractivity contribution in [2.45, 2.75) is 84.3 Å². The summed E-state index contributed by atoms with van der Waals surface area (Å²) in [5.41, 5.74) is -0.788. The Hall–Kier alpha value is -1.62. The molecule has 5 atom stereocenters. The Morgan fingerprint density at radius 3 is 2.72 bits per heavy atom. The highest BCUT2D eigenvalue weighted by molar-refractivity contribution is 5.85. The van der Waals surface area contributed by atoms with Gasteiger partial charge in [-0.15, -0.1) is 0 Å². The predicted octanol–water partition coefficient (Wildman–Crippen LogP) is 4.10. The van der Waals surface area contributed by atoms with Crippen molar-refractivity contribution in [3.8, 4) is 0 Å². The van der Waals surface area contributed by atoms with Gasteiger partial charge in [-0.1, -0.05) is 39.3 Å². The summed E-state index contributed by atoms with van der Waals surface area (Å²) in [5.74, 6) is -0.424. The van der Waals surface area contributed by atoms with Crippen molar-refractivity contribution < 1.29 is 24.2 Å². The molecule has 2 saturated carbocycles. The maximum Gasteiger partial charge on any atom is 0.331 e. The van der Waals surface area contributed by atoms with E-state index >= 15 is 0 Å². The van der Waals surface area contributed by atoms with E-state index in [9.17, 15) is 14.7 Å². The van der Waals surface area contributed by atoms with Crippen LogP contribution in [0, 0.1) is 22.2 Å². The lowest BCUT2D eigenvalue weighted by Crippen LogP contribution is -2.72. The number of hydrogen-bond acceptors (Lipinski definition) is 5. The minimum atomic E-state index is -0.916. The summed E-state index contributed by atoms with van der Waals surface area (Å²) in [6.07, 6.45) is 11.5. The van der Waals surface area contributed by atoms with Gasteiger partial charge in [0.1, 0.15) is 12.7 Å². The third kappa shape index (κ3) is 2.99. The van der Waals surface area contributed by atoms with Crippen molar-refractivity contribution >= 4 is 11.9 Å². The minimum Gasteiger partial charge on any atom is -0.462 e. The molecule has 5 nitrogen and oxygen atoms in total. The van der Waals surface area contributed by atoms with Gasteiger partial charge in [0.05, 0.1) is 5.60 Å². The van der Waals surface area contributed by atoms with Gasteiger partial charge in [-0.3, -0.25) is 4.79 Å². The van der Waals surface area contributed by atoms with Crippen molar-refractivity contribution in [3.63, 3.8) is 0 Å². The average Bonchev–Trinajstić information content (AvgIpc) is 3.00. The zero-order valence-electron chi connectivity index (χ0n) is 18.1. The van der Waals surface area contributed by atoms with Gasteiger partial charge in [-0.05, 0) is 49.5 Å². The van der Waals surface area contributed by atoms with Crippen LogP contribution in [0.4, 0.5) is 0 Å². The van der Waals surface area contributed by atoms with Crippen LogP contribution in [0.1, 0.15) is 72.6 Å². The molecule has 0 radical (unpaired) electrons. The molecule has 5 heteroatoms. The number of allylic oxidation sites excluding steroid dienone is 1. The molecule has 1 aliphatic heterocycles. The molecule has 1 heterocycles. The van der Waals surface area contributed by atoms with Gasteiger partial charge in [-0.2, -0.15) is 0 Å². The zero-order valence-corrected chi connectivity index (χ0v) is 18.1. The van der Waals surface area contributed by atoms with E-state index in [-0.39, 0.29) is 34.8 Å². The van der Waals surface area contributed by atoms with Crippen LogP contribution >= 0.6 is 0 Å². The van der Waals surface area contributed by atoms with Crippen LogP contribution in [-0.2, 0) is 19.1 Å². The molecule has 3 aliphatic carbocycles. The summed E-state index contributed by atoms with van der Waals surface area (Å²) in [5, 5.41) is 12.5. The number of carbonyl (C=O) groups is 2. The largest absolute Gasteiger partial charge is 0.462 e. The summed E-state index contributed by atoms with van der Waals surface area (Å²) in [4.78, 5) is 23.4. The highest BCUT2D eigenvalue weighted by Crippen LogP contribution is 2.71. The van der Waals surface area contributed by atoms with Crippen molar-refractivity contribution in [3.05, 3.63) is 23.8 Å². The minimum absolute atomic E-state index is 0.0233. The van der Waals surface area contributed by atoms with Crippen molar-refractivity contribution in [2.24, 2.45) is 22.2 Å². The molecule has 29 heavy (non-hydrogen) atoms. The number of rotatable bonds is 4. The standard InChI is InChI=1S/C24H34O5/c1-16(25)29-18-14-22(4)9-6-11-23(10-5-8-21(2,3)20(18)23)24(22,27)12-7-17-13-19(26)28-15-17/h6,9,13,18,20,27H,5,7-8,10-12,14-15H2,1-4H3. The zero-order chi connectivity index (χ0) is 21.1. The molecule has 0 amide bonds. The van der Waals surface area contributed by atoms with E-state index in [2.05, 4.69) is 32.9 Å². The number of fused-ring (bicyclic) bond motifs is 1. The highest BCUT2D eigenvalue weighted by atomic mass is 16.5. The number of carbonyl (C=O) groups excluding carboxylic acids is 2. The highest BCUT2D eigenvalue weighted by Gasteiger charge is 2.71. The van der Waals surface area contributed by atoms with E-state index in [1.165, 1.54) is 6.92 Å². The molecule has 160 valence electrons. The molecule has 4 aliphatic rings. The number of hydrogen-bond donors (Lipinski definition) is 1. The van der Waals surface area contributed by atoms with Gasteiger partial charge in [0.25, 0.3) is 0 Å². The van der Waals surface area contributed by atoms with E-state index in [1.54, 1.807) is 6.08 Å². The second-order valence-corrected chi connectivity index (χ2v) is 10.6. The molecular formula is C24H34O5. The van der Waals surface area contributed by atoms with Crippen molar-refractivity contribution in [2.75, 3.05) is 6.61 Å². The van der Waals surface area contributed by atoms with Gasteiger partial charge in [0.15, 0.2) is 0 Å². The lowest BCUT2D eigenvalue weighted by atomic mass is 9.37. The number of esters is 2. The fraction of sp³-hybridized carbons (Fsp3) is 0.750. The fourth-order valence-corrected chi connectivity index (χ4v) is 7.40. The second-order valence-electron chi connectivity index (χ2n) is 10.6. The second kappa shape index (κ2) is 6.69. The maximum atomic E-state index is 12.5. The van der Waals surface area contributed by atoms with E-state index in [4.69, 9.17) is 9.47 Å². The van der Waals surface area contributed by atoms with E-state index in [0.29, 0.717) is 25.9 Å². The Balaban J connectivity index is 1.77.